The van der Waals surface area contributed by atoms with Crippen molar-refractivity contribution < 1.29 is 19.0 Å². The molecule has 0 amide bonds. The second-order valence-corrected chi connectivity index (χ2v) is 4.49. The summed E-state index contributed by atoms with van der Waals surface area (Å²) >= 11 is 0. The molecule has 3 rings (SSSR count). The number of Topliss-reactive ketones (excluding diaryl/α,β-unsaturated/α-hetero) is 1. The highest BCUT2D eigenvalue weighted by Gasteiger charge is 2.24. The van der Waals surface area contributed by atoms with Gasteiger partial charge in [-0.05, 0) is 35.9 Å². The number of ketones is 1. The summed E-state index contributed by atoms with van der Waals surface area (Å²) in [5.41, 5.74) is 2.15. The summed E-state index contributed by atoms with van der Waals surface area (Å²) in [6, 6.07) is 7.54. The summed E-state index contributed by atoms with van der Waals surface area (Å²) < 4.78 is 15.6. The van der Waals surface area contributed by atoms with Crippen LogP contribution in [0, 0.1) is 0 Å². The summed E-state index contributed by atoms with van der Waals surface area (Å²) in [5, 5.41) is 0. The minimum Gasteiger partial charge on any atom is -0.497 e. The molecule has 1 aliphatic heterocycles. The zero-order valence-electron chi connectivity index (χ0n) is 11.1. The van der Waals surface area contributed by atoms with Crippen LogP contribution in [0.15, 0.2) is 53.3 Å². The minimum absolute atomic E-state index is 0.0435. The van der Waals surface area contributed by atoms with E-state index in [0.29, 0.717) is 23.5 Å². The van der Waals surface area contributed by atoms with Gasteiger partial charge in [0, 0.05) is 5.57 Å². The topological polar surface area (TPSA) is 44.8 Å². The van der Waals surface area contributed by atoms with Crippen molar-refractivity contribution in [3.8, 4) is 5.75 Å². The summed E-state index contributed by atoms with van der Waals surface area (Å²) in [5.74, 6) is 1.36. The number of carbonyl (C=O) groups excluding carboxylic acids is 1. The van der Waals surface area contributed by atoms with Gasteiger partial charge in [0.05, 0.1) is 19.3 Å². The molecule has 0 atom stereocenters. The zero-order valence-corrected chi connectivity index (χ0v) is 11.1. The maximum atomic E-state index is 12.3. The molecular formula is C16H14O4. The summed E-state index contributed by atoms with van der Waals surface area (Å²) in [7, 11) is 1.62. The Labute approximate surface area is 117 Å². The Morgan fingerprint density at radius 3 is 2.75 bits per heavy atom. The average Bonchev–Trinajstić information content (AvgIpc) is 2.51. The number of carbonyl (C=O) groups is 1. The molecule has 0 saturated carbocycles. The Morgan fingerprint density at radius 1 is 1.20 bits per heavy atom. The number of hydrogen-bond acceptors (Lipinski definition) is 4. The molecule has 0 aromatic heterocycles. The van der Waals surface area contributed by atoms with E-state index in [0.717, 1.165) is 11.3 Å². The van der Waals surface area contributed by atoms with Gasteiger partial charge in [0.2, 0.25) is 0 Å². The van der Waals surface area contributed by atoms with Crippen LogP contribution in [0.3, 0.4) is 0 Å². The van der Waals surface area contributed by atoms with E-state index in [2.05, 4.69) is 0 Å². The third-order valence-corrected chi connectivity index (χ3v) is 3.23. The zero-order chi connectivity index (χ0) is 13.9. The number of rotatable bonds is 2. The van der Waals surface area contributed by atoms with Gasteiger partial charge in [-0.3, -0.25) is 4.79 Å². The number of methoxy groups -OCH3 is 1. The maximum Gasteiger partial charge on any atom is 0.195 e. The average molecular weight is 270 g/mol. The number of hydrogen-bond donors (Lipinski definition) is 0. The molecule has 0 fully saturated rings. The van der Waals surface area contributed by atoms with Crippen LogP contribution in [0.1, 0.15) is 5.56 Å². The summed E-state index contributed by atoms with van der Waals surface area (Å²) in [6.07, 6.45) is 5.43. The van der Waals surface area contributed by atoms with E-state index in [1.165, 1.54) is 0 Å². The Hall–Kier alpha value is -2.33. The van der Waals surface area contributed by atoms with Crippen molar-refractivity contribution in [1.29, 1.82) is 0 Å². The van der Waals surface area contributed by atoms with E-state index in [-0.39, 0.29) is 12.6 Å². The predicted octanol–water partition coefficient (Wildman–Crippen LogP) is 2.48. The van der Waals surface area contributed by atoms with Crippen molar-refractivity contribution in [2.75, 3.05) is 20.5 Å². The van der Waals surface area contributed by atoms with E-state index >= 15 is 0 Å². The lowest BCUT2D eigenvalue weighted by Crippen LogP contribution is -2.22. The van der Waals surface area contributed by atoms with Crippen LogP contribution in [0.25, 0.3) is 6.08 Å². The largest absolute Gasteiger partial charge is 0.497 e. The van der Waals surface area contributed by atoms with Gasteiger partial charge in [0.15, 0.2) is 12.6 Å². The first-order valence-corrected chi connectivity index (χ1v) is 6.30. The van der Waals surface area contributed by atoms with Crippen LogP contribution in [0.4, 0.5) is 0 Å². The van der Waals surface area contributed by atoms with Crippen molar-refractivity contribution in [1.82, 2.24) is 0 Å². The standard InChI is InChI=1S/C16H14O4/c1-18-13-5-2-11(3-6-13)8-12-4-7-15-14(16(12)17)9-19-10-20-15/h2-8H,9-10H2,1H3/b12-8+. The minimum atomic E-state index is -0.0435. The first-order valence-electron chi connectivity index (χ1n) is 6.30. The SMILES string of the molecule is COc1ccc(/C=C2\C=CC3=C(COCO3)C2=O)cc1. The van der Waals surface area contributed by atoms with Crippen molar-refractivity contribution in [2.24, 2.45) is 0 Å². The number of allylic oxidation sites excluding steroid dienone is 3. The molecule has 0 N–H and O–H groups in total. The molecule has 20 heavy (non-hydrogen) atoms. The second kappa shape index (κ2) is 5.35. The molecule has 0 radical (unpaired) electrons. The lowest BCUT2D eigenvalue weighted by atomic mass is 9.95. The lowest BCUT2D eigenvalue weighted by molar-refractivity contribution is -0.115. The van der Waals surface area contributed by atoms with E-state index < -0.39 is 0 Å². The number of ether oxygens (including phenoxy) is 3. The third kappa shape index (κ3) is 2.38. The molecule has 2 aliphatic rings. The molecule has 0 spiro atoms. The van der Waals surface area contributed by atoms with Crippen molar-refractivity contribution in [3.05, 3.63) is 58.9 Å². The van der Waals surface area contributed by atoms with E-state index in [1.807, 2.05) is 36.4 Å². The van der Waals surface area contributed by atoms with Gasteiger partial charge >= 0.3 is 0 Å². The van der Waals surface area contributed by atoms with Gasteiger partial charge in [-0.2, -0.15) is 0 Å². The van der Waals surface area contributed by atoms with Gasteiger partial charge in [-0.1, -0.05) is 12.1 Å². The molecule has 1 heterocycles. The van der Waals surface area contributed by atoms with E-state index in [9.17, 15) is 4.79 Å². The lowest BCUT2D eigenvalue weighted by Gasteiger charge is -2.21. The van der Waals surface area contributed by atoms with Crippen LogP contribution in [-0.2, 0) is 14.3 Å². The predicted molar refractivity (Wildman–Crippen MR) is 74.0 cm³/mol. The number of benzene rings is 1. The molecule has 4 nitrogen and oxygen atoms in total. The molecular weight excluding hydrogens is 256 g/mol. The Morgan fingerprint density at radius 2 is 2.00 bits per heavy atom. The van der Waals surface area contributed by atoms with Crippen LogP contribution in [0.2, 0.25) is 0 Å². The monoisotopic (exact) mass is 270 g/mol. The highest BCUT2D eigenvalue weighted by atomic mass is 16.7. The molecule has 0 bridgehead atoms. The van der Waals surface area contributed by atoms with Crippen LogP contribution in [-0.4, -0.2) is 26.3 Å². The fourth-order valence-corrected chi connectivity index (χ4v) is 2.14. The van der Waals surface area contributed by atoms with Crippen LogP contribution in [0.5, 0.6) is 5.75 Å². The molecule has 0 saturated heterocycles. The second-order valence-electron chi connectivity index (χ2n) is 4.49. The first kappa shape index (κ1) is 12.7. The quantitative estimate of drug-likeness (QED) is 0.774. The van der Waals surface area contributed by atoms with Gasteiger partial charge < -0.3 is 14.2 Å². The molecule has 1 aromatic carbocycles. The van der Waals surface area contributed by atoms with Crippen LogP contribution >= 0.6 is 0 Å². The molecule has 1 aromatic rings. The van der Waals surface area contributed by atoms with Gasteiger partial charge in [0.25, 0.3) is 0 Å². The molecule has 0 unspecified atom stereocenters. The Balaban J connectivity index is 1.87. The van der Waals surface area contributed by atoms with Crippen LogP contribution < -0.4 is 4.74 Å². The van der Waals surface area contributed by atoms with Crippen molar-refractivity contribution in [2.45, 2.75) is 0 Å². The summed E-state index contributed by atoms with van der Waals surface area (Å²) in [4.78, 5) is 12.3. The fourth-order valence-electron chi connectivity index (χ4n) is 2.14. The fraction of sp³-hybridized carbons (Fsp3) is 0.188. The summed E-state index contributed by atoms with van der Waals surface area (Å²) in [6.45, 7) is 0.506. The van der Waals surface area contributed by atoms with E-state index in [1.54, 1.807) is 13.2 Å². The van der Waals surface area contributed by atoms with Gasteiger partial charge in [-0.15, -0.1) is 0 Å². The van der Waals surface area contributed by atoms with Gasteiger partial charge in [-0.25, -0.2) is 0 Å². The highest BCUT2D eigenvalue weighted by molar-refractivity contribution is 6.14. The van der Waals surface area contributed by atoms with E-state index in [4.69, 9.17) is 14.2 Å². The van der Waals surface area contributed by atoms with Gasteiger partial charge in [0.1, 0.15) is 11.5 Å². The molecule has 102 valence electrons. The highest BCUT2D eigenvalue weighted by Crippen LogP contribution is 2.25. The normalized spacial score (nSPS) is 19.9. The maximum absolute atomic E-state index is 12.3. The smallest absolute Gasteiger partial charge is 0.195 e. The third-order valence-electron chi connectivity index (χ3n) is 3.23. The van der Waals surface area contributed by atoms with Crippen molar-refractivity contribution in [3.63, 3.8) is 0 Å². The molecule has 4 heteroatoms. The Bertz CT molecular complexity index is 620. The first-order chi connectivity index (χ1) is 9.78. The molecule has 1 aliphatic carbocycles. The van der Waals surface area contributed by atoms with Crippen molar-refractivity contribution >= 4 is 11.9 Å². The Kier molecular flexibility index (Phi) is 3.39.